The first-order valence-electron chi connectivity index (χ1n) is 6.02. The van der Waals surface area contributed by atoms with Crippen molar-refractivity contribution in [3.8, 4) is 17.2 Å². The van der Waals surface area contributed by atoms with Crippen LogP contribution in [0.1, 0.15) is 11.1 Å². The highest BCUT2D eigenvalue weighted by Gasteiger charge is 2.17. The monoisotopic (exact) mass is 277 g/mol. The van der Waals surface area contributed by atoms with Crippen molar-refractivity contribution >= 4 is 0 Å². The molecule has 0 atom stereocenters. The highest BCUT2D eigenvalue weighted by molar-refractivity contribution is 5.51. The molecule has 0 amide bonds. The van der Waals surface area contributed by atoms with Gasteiger partial charge in [-0.25, -0.2) is 4.39 Å². The maximum absolute atomic E-state index is 13.0. The van der Waals surface area contributed by atoms with Gasteiger partial charge in [-0.05, 0) is 12.1 Å². The number of fused-ring (bicyclic) bond motifs is 1. The average Bonchev–Trinajstić information content (AvgIpc) is 2.91. The van der Waals surface area contributed by atoms with E-state index < -0.39 is 5.82 Å². The minimum atomic E-state index is -0.417. The number of nitrogens with zero attached hydrogens (tertiary/aromatic N) is 1. The summed E-state index contributed by atoms with van der Waals surface area (Å²) in [5, 5.41) is 9.34. The van der Waals surface area contributed by atoms with Gasteiger partial charge in [-0.2, -0.15) is 0 Å². The van der Waals surface area contributed by atoms with Crippen molar-refractivity contribution < 1.29 is 23.7 Å². The van der Waals surface area contributed by atoms with Crippen LogP contribution < -0.4 is 14.2 Å². The van der Waals surface area contributed by atoms with Crippen LogP contribution in [0.3, 0.4) is 0 Å². The van der Waals surface area contributed by atoms with Gasteiger partial charge < -0.3 is 19.3 Å². The van der Waals surface area contributed by atoms with Gasteiger partial charge >= 0.3 is 0 Å². The molecule has 0 saturated carbocycles. The molecule has 0 fully saturated rings. The molecule has 3 rings (SSSR count). The molecule has 1 aliphatic heterocycles. The maximum atomic E-state index is 13.0. The summed E-state index contributed by atoms with van der Waals surface area (Å²) in [4.78, 5) is 3.75. The third kappa shape index (κ3) is 2.50. The molecule has 2 heterocycles. The Bertz CT molecular complexity index is 633. The summed E-state index contributed by atoms with van der Waals surface area (Å²) in [5.74, 6) is 1.20. The predicted octanol–water partition coefficient (Wildman–Crippen LogP) is 2.02. The second kappa shape index (κ2) is 5.34. The SMILES string of the molecule is OCc1cc2c(cc1OCc1cncc(F)c1)OCO2. The Hall–Kier alpha value is -2.34. The van der Waals surface area contributed by atoms with E-state index in [-0.39, 0.29) is 20.0 Å². The Morgan fingerprint density at radius 3 is 2.75 bits per heavy atom. The first-order chi connectivity index (χ1) is 9.76. The summed E-state index contributed by atoms with van der Waals surface area (Å²) in [7, 11) is 0. The smallest absolute Gasteiger partial charge is 0.231 e. The molecule has 20 heavy (non-hydrogen) atoms. The van der Waals surface area contributed by atoms with Crippen LogP contribution in [0, 0.1) is 5.82 Å². The van der Waals surface area contributed by atoms with Crippen molar-refractivity contribution in [1.82, 2.24) is 4.98 Å². The molecule has 0 radical (unpaired) electrons. The van der Waals surface area contributed by atoms with E-state index in [2.05, 4.69) is 4.98 Å². The molecule has 1 aromatic carbocycles. The van der Waals surface area contributed by atoms with Gasteiger partial charge in [0.25, 0.3) is 0 Å². The summed E-state index contributed by atoms with van der Waals surface area (Å²) in [6, 6.07) is 4.67. The van der Waals surface area contributed by atoms with E-state index in [9.17, 15) is 9.50 Å². The van der Waals surface area contributed by atoms with Crippen molar-refractivity contribution in [3.63, 3.8) is 0 Å². The van der Waals surface area contributed by atoms with Gasteiger partial charge in [-0.15, -0.1) is 0 Å². The molecule has 0 aliphatic carbocycles. The lowest BCUT2D eigenvalue weighted by Gasteiger charge is -2.11. The van der Waals surface area contributed by atoms with Gasteiger partial charge in [-0.1, -0.05) is 0 Å². The van der Waals surface area contributed by atoms with Crippen LogP contribution in [0.25, 0.3) is 0 Å². The van der Waals surface area contributed by atoms with Crippen molar-refractivity contribution in [1.29, 1.82) is 0 Å². The minimum Gasteiger partial charge on any atom is -0.488 e. The first-order valence-corrected chi connectivity index (χ1v) is 6.02. The largest absolute Gasteiger partial charge is 0.488 e. The molecule has 5 nitrogen and oxygen atoms in total. The van der Waals surface area contributed by atoms with Crippen LogP contribution in [0.5, 0.6) is 17.2 Å². The molecule has 2 aromatic rings. The van der Waals surface area contributed by atoms with Crippen LogP contribution in [0.15, 0.2) is 30.6 Å². The Kier molecular flexibility index (Phi) is 3.39. The minimum absolute atomic E-state index is 0.150. The standard InChI is InChI=1S/C14H12FNO4/c15-11-1-9(4-16-5-11)7-18-12-3-14-13(19-8-20-14)2-10(12)6-17/h1-5,17H,6-8H2. The number of hydrogen-bond acceptors (Lipinski definition) is 5. The molecule has 1 N–H and O–H groups in total. The fourth-order valence-corrected chi connectivity index (χ4v) is 1.92. The first kappa shape index (κ1) is 12.7. The van der Waals surface area contributed by atoms with E-state index in [1.54, 1.807) is 12.1 Å². The fraction of sp³-hybridized carbons (Fsp3) is 0.214. The number of rotatable bonds is 4. The lowest BCUT2D eigenvalue weighted by atomic mass is 10.2. The second-order valence-corrected chi connectivity index (χ2v) is 4.27. The zero-order valence-electron chi connectivity index (χ0n) is 10.5. The topological polar surface area (TPSA) is 60.8 Å². The third-order valence-electron chi connectivity index (χ3n) is 2.88. The zero-order chi connectivity index (χ0) is 13.9. The lowest BCUT2D eigenvalue weighted by molar-refractivity contribution is 0.173. The molecular formula is C14H12FNO4. The van der Waals surface area contributed by atoms with Crippen molar-refractivity contribution in [2.75, 3.05) is 6.79 Å². The molecule has 0 bridgehead atoms. The van der Waals surface area contributed by atoms with Crippen LogP contribution in [0.4, 0.5) is 4.39 Å². The molecule has 1 aliphatic rings. The quantitative estimate of drug-likeness (QED) is 0.926. The molecule has 0 unspecified atom stereocenters. The number of hydrogen-bond donors (Lipinski definition) is 1. The van der Waals surface area contributed by atoms with E-state index in [0.29, 0.717) is 28.4 Å². The summed E-state index contributed by atoms with van der Waals surface area (Å²) in [6.07, 6.45) is 2.65. The van der Waals surface area contributed by atoms with E-state index in [4.69, 9.17) is 14.2 Å². The van der Waals surface area contributed by atoms with Crippen molar-refractivity contribution in [2.24, 2.45) is 0 Å². The maximum Gasteiger partial charge on any atom is 0.231 e. The Balaban J connectivity index is 1.80. The van der Waals surface area contributed by atoms with Gasteiger partial charge in [0, 0.05) is 23.4 Å². The van der Waals surface area contributed by atoms with Gasteiger partial charge in [0.2, 0.25) is 6.79 Å². The number of aliphatic hydroxyl groups excluding tert-OH is 1. The van der Waals surface area contributed by atoms with E-state index in [0.717, 1.165) is 6.20 Å². The van der Waals surface area contributed by atoms with Crippen LogP contribution in [0.2, 0.25) is 0 Å². The Labute approximate surface area is 114 Å². The fourth-order valence-electron chi connectivity index (χ4n) is 1.92. The highest BCUT2D eigenvalue weighted by atomic mass is 19.1. The van der Waals surface area contributed by atoms with Crippen molar-refractivity contribution in [2.45, 2.75) is 13.2 Å². The van der Waals surface area contributed by atoms with Crippen LogP contribution in [-0.4, -0.2) is 16.9 Å². The zero-order valence-corrected chi connectivity index (χ0v) is 10.5. The highest BCUT2D eigenvalue weighted by Crippen LogP contribution is 2.38. The van der Waals surface area contributed by atoms with Crippen molar-refractivity contribution in [3.05, 3.63) is 47.5 Å². The average molecular weight is 277 g/mol. The number of pyridine rings is 1. The molecule has 1 aromatic heterocycles. The predicted molar refractivity (Wildman–Crippen MR) is 67.0 cm³/mol. The number of halogens is 1. The van der Waals surface area contributed by atoms with Crippen LogP contribution in [-0.2, 0) is 13.2 Å². The number of aromatic nitrogens is 1. The molecule has 104 valence electrons. The summed E-state index contributed by atoms with van der Waals surface area (Å²) >= 11 is 0. The number of aliphatic hydroxyl groups is 1. The van der Waals surface area contributed by atoms with E-state index >= 15 is 0 Å². The Morgan fingerprint density at radius 1 is 1.20 bits per heavy atom. The van der Waals surface area contributed by atoms with E-state index in [1.807, 2.05) is 0 Å². The lowest BCUT2D eigenvalue weighted by Crippen LogP contribution is -2.00. The molecule has 0 saturated heterocycles. The summed E-state index contributed by atoms with van der Waals surface area (Å²) in [6.45, 7) is 0.113. The second-order valence-electron chi connectivity index (χ2n) is 4.27. The molecular weight excluding hydrogens is 265 g/mol. The molecule has 6 heteroatoms. The van der Waals surface area contributed by atoms with E-state index in [1.165, 1.54) is 12.3 Å². The Morgan fingerprint density at radius 2 is 2.00 bits per heavy atom. The third-order valence-corrected chi connectivity index (χ3v) is 2.88. The number of ether oxygens (including phenoxy) is 3. The summed E-state index contributed by atoms with van der Waals surface area (Å²) in [5.41, 5.74) is 1.19. The number of benzene rings is 1. The van der Waals surface area contributed by atoms with Gasteiger partial charge in [0.15, 0.2) is 11.5 Å². The van der Waals surface area contributed by atoms with Gasteiger partial charge in [0.05, 0.1) is 12.8 Å². The normalized spacial score (nSPS) is 12.5. The summed E-state index contributed by atoms with van der Waals surface area (Å²) < 4.78 is 29.1. The molecule has 0 spiro atoms. The van der Waals surface area contributed by atoms with Gasteiger partial charge in [0.1, 0.15) is 18.2 Å². The van der Waals surface area contributed by atoms with Crippen LogP contribution >= 0.6 is 0 Å². The van der Waals surface area contributed by atoms with Gasteiger partial charge in [-0.3, -0.25) is 4.98 Å².